The molecular formula is C12H19ClO2. The van der Waals surface area contributed by atoms with E-state index in [2.05, 4.69) is 0 Å². The van der Waals surface area contributed by atoms with Gasteiger partial charge in [0.05, 0.1) is 6.61 Å². The van der Waals surface area contributed by atoms with E-state index < -0.39 is 0 Å². The van der Waals surface area contributed by atoms with Crippen molar-refractivity contribution in [3.05, 3.63) is 28.8 Å². The van der Waals surface area contributed by atoms with Gasteiger partial charge in [-0.2, -0.15) is 0 Å². The normalized spacial score (nSPS) is 9.13. The summed E-state index contributed by atoms with van der Waals surface area (Å²) in [5.41, 5.74) is 1.06. The first-order chi connectivity index (χ1) is 7.24. The minimum atomic E-state index is 0.551. The van der Waals surface area contributed by atoms with Crippen molar-refractivity contribution in [3.63, 3.8) is 0 Å². The maximum absolute atomic E-state index is 5.92. The molecule has 1 aromatic rings. The van der Waals surface area contributed by atoms with Crippen LogP contribution in [0, 0.1) is 6.92 Å². The third kappa shape index (κ3) is 5.65. The van der Waals surface area contributed by atoms with Gasteiger partial charge in [-0.15, -0.1) is 0 Å². The zero-order valence-corrected chi connectivity index (χ0v) is 10.6. The molecule has 0 radical (unpaired) electrons. The lowest BCUT2D eigenvalue weighted by molar-refractivity contribution is 0.146. The Hall–Kier alpha value is -0.730. The molecule has 0 N–H and O–H groups in total. The van der Waals surface area contributed by atoms with Crippen molar-refractivity contribution < 1.29 is 9.47 Å². The van der Waals surface area contributed by atoms with Crippen molar-refractivity contribution >= 4 is 11.6 Å². The molecule has 0 aliphatic carbocycles. The van der Waals surface area contributed by atoms with E-state index >= 15 is 0 Å². The number of rotatable bonds is 4. The summed E-state index contributed by atoms with van der Waals surface area (Å²) in [5.74, 6) is 0.785. The van der Waals surface area contributed by atoms with Gasteiger partial charge in [-0.1, -0.05) is 31.5 Å². The van der Waals surface area contributed by atoms with Crippen molar-refractivity contribution in [3.8, 4) is 5.75 Å². The molecule has 2 nitrogen and oxygen atoms in total. The highest BCUT2D eigenvalue weighted by molar-refractivity contribution is 6.31. The Morgan fingerprint density at radius 2 is 1.87 bits per heavy atom. The molecular weight excluding hydrogens is 212 g/mol. The van der Waals surface area contributed by atoms with E-state index in [1.165, 1.54) is 0 Å². The highest BCUT2D eigenvalue weighted by Gasteiger charge is 1.97. The largest absolute Gasteiger partial charge is 0.491 e. The molecule has 0 aliphatic rings. The zero-order valence-electron chi connectivity index (χ0n) is 9.84. The van der Waals surface area contributed by atoms with Crippen molar-refractivity contribution in [2.75, 3.05) is 20.3 Å². The molecule has 0 bridgehead atoms. The first-order valence-corrected chi connectivity index (χ1v) is 5.49. The summed E-state index contributed by atoms with van der Waals surface area (Å²) in [6.45, 7) is 7.10. The average Bonchev–Trinajstić information content (AvgIpc) is 2.27. The van der Waals surface area contributed by atoms with Gasteiger partial charge in [0.15, 0.2) is 0 Å². The van der Waals surface area contributed by atoms with Gasteiger partial charge < -0.3 is 9.47 Å². The maximum Gasteiger partial charge on any atom is 0.120 e. The van der Waals surface area contributed by atoms with Crippen molar-refractivity contribution in [2.24, 2.45) is 0 Å². The third-order valence-electron chi connectivity index (χ3n) is 1.70. The smallest absolute Gasteiger partial charge is 0.120 e. The highest BCUT2D eigenvalue weighted by Crippen LogP contribution is 2.21. The van der Waals surface area contributed by atoms with Crippen LogP contribution in [-0.2, 0) is 4.74 Å². The monoisotopic (exact) mass is 230 g/mol. The summed E-state index contributed by atoms with van der Waals surface area (Å²) in [5, 5.41) is 0.731. The van der Waals surface area contributed by atoms with Crippen molar-refractivity contribution in [1.29, 1.82) is 0 Å². The summed E-state index contributed by atoms with van der Waals surface area (Å²) < 4.78 is 10.2. The van der Waals surface area contributed by atoms with E-state index in [0.717, 1.165) is 16.3 Å². The Morgan fingerprint density at radius 3 is 2.40 bits per heavy atom. The quantitative estimate of drug-likeness (QED) is 0.735. The van der Waals surface area contributed by atoms with E-state index in [1.54, 1.807) is 7.11 Å². The summed E-state index contributed by atoms with van der Waals surface area (Å²) in [6.07, 6.45) is 0. The van der Waals surface area contributed by atoms with Crippen molar-refractivity contribution in [2.45, 2.75) is 20.8 Å². The number of hydrogen-bond donors (Lipinski definition) is 0. The van der Waals surface area contributed by atoms with E-state index in [9.17, 15) is 0 Å². The first-order valence-electron chi connectivity index (χ1n) is 5.12. The molecule has 0 saturated carbocycles. The predicted molar refractivity (Wildman–Crippen MR) is 64.9 cm³/mol. The lowest BCUT2D eigenvalue weighted by Crippen LogP contribution is -2.04. The molecule has 0 spiro atoms. The molecule has 0 heterocycles. The molecule has 0 saturated heterocycles. The van der Waals surface area contributed by atoms with Crippen LogP contribution in [0.1, 0.15) is 19.4 Å². The van der Waals surface area contributed by atoms with E-state index in [4.69, 9.17) is 21.1 Å². The molecule has 0 aliphatic heterocycles. The van der Waals surface area contributed by atoms with Crippen LogP contribution in [-0.4, -0.2) is 20.3 Å². The van der Waals surface area contributed by atoms with Gasteiger partial charge in [-0.25, -0.2) is 0 Å². The SMILES string of the molecule is CC.COCCOc1ccc(C)c(Cl)c1. The molecule has 0 amide bonds. The van der Waals surface area contributed by atoms with E-state index in [1.807, 2.05) is 39.0 Å². The van der Waals surface area contributed by atoms with Crippen LogP contribution in [0.2, 0.25) is 5.02 Å². The second-order valence-corrected chi connectivity index (χ2v) is 3.16. The van der Waals surface area contributed by atoms with Crippen LogP contribution < -0.4 is 4.74 Å². The minimum Gasteiger partial charge on any atom is -0.491 e. The Morgan fingerprint density at radius 1 is 1.20 bits per heavy atom. The Labute approximate surface area is 97.2 Å². The fourth-order valence-electron chi connectivity index (χ4n) is 0.906. The minimum absolute atomic E-state index is 0.551. The summed E-state index contributed by atoms with van der Waals surface area (Å²) in [7, 11) is 1.64. The number of hydrogen-bond acceptors (Lipinski definition) is 2. The lowest BCUT2D eigenvalue weighted by Gasteiger charge is -2.06. The summed E-state index contributed by atoms with van der Waals surface area (Å²) >= 11 is 5.92. The molecule has 0 atom stereocenters. The second-order valence-electron chi connectivity index (χ2n) is 2.75. The highest BCUT2D eigenvalue weighted by atomic mass is 35.5. The van der Waals surface area contributed by atoms with Crippen LogP contribution in [0.25, 0.3) is 0 Å². The van der Waals surface area contributed by atoms with Gasteiger partial charge in [0.25, 0.3) is 0 Å². The molecule has 15 heavy (non-hydrogen) atoms. The molecule has 1 aromatic carbocycles. The fourth-order valence-corrected chi connectivity index (χ4v) is 1.08. The number of ether oxygens (including phenoxy) is 2. The lowest BCUT2D eigenvalue weighted by atomic mass is 10.2. The van der Waals surface area contributed by atoms with Gasteiger partial charge in [-0.3, -0.25) is 0 Å². The number of methoxy groups -OCH3 is 1. The maximum atomic E-state index is 5.92. The van der Waals surface area contributed by atoms with Gasteiger partial charge >= 0.3 is 0 Å². The third-order valence-corrected chi connectivity index (χ3v) is 2.11. The molecule has 3 heteroatoms. The first kappa shape index (κ1) is 14.3. The van der Waals surface area contributed by atoms with Crippen LogP contribution in [0.3, 0.4) is 0 Å². The zero-order chi connectivity index (χ0) is 11.7. The number of halogens is 1. The van der Waals surface area contributed by atoms with Crippen LogP contribution >= 0.6 is 11.6 Å². The molecule has 0 fully saturated rings. The van der Waals surface area contributed by atoms with Gasteiger partial charge in [-0.05, 0) is 24.6 Å². The predicted octanol–water partition coefficient (Wildman–Crippen LogP) is 3.70. The molecule has 86 valence electrons. The summed E-state index contributed by atoms with van der Waals surface area (Å²) in [4.78, 5) is 0. The Balaban J connectivity index is 0.000000921. The van der Waals surface area contributed by atoms with E-state index in [0.29, 0.717) is 13.2 Å². The molecule has 1 rings (SSSR count). The number of benzene rings is 1. The Bertz CT molecular complexity index is 274. The van der Waals surface area contributed by atoms with Gasteiger partial charge in [0, 0.05) is 12.1 Å². The van der Waals surface area contributed by atoms with Crippen LogP contribution in [0.4, 0.5) is 0 Å². The fraction of sp³-hybridized carbons (Fsp3) is 0.500. The van der Waals surface area contributed by atoms with Gasteiger partial charge in [0.2, 0.25) is 0 Å². The topological polar surface area (TPSA) is 18.5 Å². The second kappa shape index (κ2) is 8.57. The number of aryl methyl sites for hydroxylation is 1. The standard InChI is InChI=1S/C10H13ClO2.C2H6/c1-8-3-4-9(7-10(8)11)13-6-5-12-2;1-2/h3-4,7H,5-6H2,1-2H3;1-2H3. The molecule has 0 aromatic heterocycles. The van der Waals surface area contributed by atoms with Gasteiger partial charge in [0.1, 0.15) is 12.4 Å². The Kier molecular flexibility index (Phi) is 8.15. The summed E-state index contributed by atoms with van der Waals surface area (Å²) in [6, 6.07) is 5.65. The average molecular weight is 231 g/mol. The van der Waals surface area contributed by atoms with Crippen molar-refractivity contribution in [1.82, 2.24) is 0 Å². The van der Waals surface area contributed by atoms with Crippen LogP contribution in [0.5, 0.6) is 5.75 Å². The van der Waals surface area contributed by atoms with Crippen LogP contribution in [0.15, 0.2) is 18.2 Å². The van der Waals surface area contributed by atoms with E-state index in [-0.39, 0.29) is 0 Å². The molecule has 0 unspecified atom stereocenters.